The van der Waals surface area contributed by atoms with Crippen molar-refractivity contribution in [3.8, 4) is 17.2 Å². The van der Waals surface area contributed by atoms with E-state index in [2.05, 4.69) is 25.2 Å². The normalized spacial score (nSPS) is 15.7. The van der Waals surface area contributed by atoms with E-state index in [1.165, 1.54) is 17.3 Å². The third kappa shape index (κ3) is 5.93. The maximum absolute atomic E-state index is 11.9. The number of hydrogen-bond donors (Lipinski definition) is 1. The van der Waals surface area contributed by atoms with Gasteiger partial charge >= 0.3 is 0 Å². The van der Waals surface area contributed by atoms with Gasteiger partial charge in [0.1, 0.15) is 23.3 Å². The van der Waals surface area contributed by atoms with Crippen LogP contribution in [0.3, 0.4) is 0 Å². The number of thiocarbonyl (C=S) groups is 1. The highest BCUT2D eigenvalue weighted by atomic mass is 35.5. The van der Waals surface area contributed by atoms with Crippen LogP contribution in [0.5, 0.6) is 17.2 Å². The molecule has 2 aromatic rings. The molecule has 1 heterocycles. The lowest BCUT2D eigenvalue weighted by Gasteiger charge is -2.17. The highest BCUT2D eigenvalue weighted by molar-refractivity contribution is 8.26. The number of para-hydroxylation sites is 1. The first-order chi connectivity index (χ1) is 14.9. The number of thioether (sulfide) groups is 1. The summed E-state index contributed by atoms with van der Waals surface area (Å²) in [5, 5.41) is 2.97. The van der Waals surface area contributed by atoms with Gasteiger partial charge in [-0.15, -0.1) is 0 Å². The fraction of sp³-hybridized carbons (Fsp3) is 0.304. The topological polar surface area (TPSA) is 56.8 Å². The number of amides is 1. The Morgan fingerprint density at radius 1 is 1.19 bits per heavy atom. The van der Waals surface area contributed by atoms with Crippen molar-refractivity contribution >= 4 is 51.9 Å². The minimum atomic E-state index is -0.222. The number of carbonyl (C=O) groups excluding carboxylic acids is 1. The minimum Gasteiger partial charge on any atom is -0.493 e. The van der Waals surface area contributed by atoms with E-state index in [0.717, 1.165) is 17.7 Å². The first-order valence-corrected chi connectivity index (χ1v) is 11.5. The Balaban J connectivity index is 1.67. The Morgan fingerprint density at radius 3 is 2.61 bits per heavy atom. The van der Waals surface area contributed by atoms with Crippen molar-refractivity contribution in [1.82, 2.24) is 5.32 Å². The van der Waals surface area contributed by atoms with Crippen molar-refractivity contribution in [2.75, 3.05) is 20.3 Å². The Hall–Kier alpha value is -2.22. The number of hydrogen-bond acceptors (Lipinski definition) is 6. The van der Waals surface area contributed by atoms with Gasteiger partial charge in [-0.25, -0.2) is 0 Å². The Kier molecular flexibility index (Phi) is 8.23. The first kappa shape index (κ1) is 23.4. The minimum absolute atomic E-state index is 0.222. The predicted molar refractivity (Wildman–Crippen MR) is 130 cm³/mol. The number of methoxy groups -OCH3 is 1. The number of rotatable bonds is 9. The van der Waals surface area contributed by atoms with Crippen molar-refractivity contribution in [2.24, 2.45) is 0 Å². The van der Waals surface area contributed by atoms with Crippen molar-refractivity contribution in [2.45, 2.75) is 26.2 Å². The Bertz CT molecular complexity index is 1010. The van der Waals surface area contributed by atoms with Crippen LogP contribution in [0.15, 0.2) is 41.3 Å². The molecule has 1 fully saturated rings. The molecule has 1 aliphatic heterocycles. The van der Waals surface area contributed by atoms with E-state index in [0.29, 0.717) is 44.9 Å². The summed E-state index contributed by atoms with van der Waals surface area (Å²) in [4.78, 5) is 12.4. The lowest BCUT2D eigenvalue weighted by Crippen LogP contribution is -2.17. The van der Waals surface area contributed by atoms with Crippen molar-refractivity contribution in [3.05, 3.63) is 57.5 Å². The lowest BCUT2D eigenvalue weighted by molar-refractivity contribution is -0.115. The van der Waals surface area contributed by atoms with Gasteiger partial charge in [-0.05, 0) is 47.7 Å². The molecular formula is C23H24ClNO4S2. The number of carbonyl (C=O) groups is 1. The molecule has 0 spiro atoms. The summed E-state index contributed by atoms with van der Waals surface area (Å²) >= 11 is 12.7. The summed E-state index contributed by atoms with van der Waals surface area (Å²) in [6.45, 7) is 5.01. The molecule has 5 nitrogen and oxygen atoms in total. The molecule has 8 heteroatoms. The van der Waals surface area contributed by atoms with E-state index in [-0.39, 0.29) is 5.91 Å². The predicted octanol–water partition coefficient (Wildman–Crippen LogP) is 5.81. The first-order valence-electron chi connectivity index (χ1n) is 9.89. The molecule has 1 amide bonds. The average molecular weight is 478 g/mol. The summed E-state index contributed by atoms with van der Waals surface area (Å²) in [7, 11) is 1.54. The highest BCUT2D eigenvalue weighted by Gasteiger charge is 2.22. The smallest absolute Gasteiger partial charge is 0.263 e. The third-order valence-corrected chi connectivity index (χ3v) is 6.28. The SMILES string of the molecule is CCC(C)c1ccccc1OCCOc1c(Cl)cc(/C=C2\SC(=S)NC2=O)cc1OC. The molecule has 1 saturated heterocycles. The van der Waals surface area contributed by atoms with Crippen LogP contribution >= 0.6 is 35.6 Å². The van der Waals surface area contributed by atoms with Gasteiger partial charge in [0, 0.05) is 0 Å². The molecule has 31 heavy (non-hydrogen) atoms. The molecule has 1 N–H and O–H groups in total. The van der Waals surface area contributed by atoms with Crippen LogP contribution in [0.4, 0.5) is 0 Å². The van der Waals surface area contributed by atoms with Gasteiger partial charge < -0.3 is 19.5 Å². The summed E-state index contributed by atoms with van der Waals surface area (Å²) < 4.78 is 17.7. The van der Waals surface area contributed by atoms with Gasteiger partial charge in [0.05, 0.1) is 17.0 Å². The molecule has 0 aromatic heterocycles. The highest BCUT2D eigenvalue weighted by Crippen LogP contribution is 2.38. The van der Waals surface area contributed by atoms with Gasteiger partial charge in [-0.3, -0.25) is 4.79 Å². The monoisotopic (exact) mass is 477 g/mol. The van der Waals surface area contributed by atoms with Gasteiger partial charge in [0.2, 0.25) is 0 Å². The fourth-order valence-corrected chi connectivity index (χ4v) is 4.39. The van der Waals surface area contributed by atoms with Crippen LogP contribution in [0.25, 0.3) is 6.08 Å². The molecule has 0 bridgehead atoms. The van der Waals surface area contributed by atoms with Crippen LogP contribution in [-0.2, 0) is 4.79 Å². The number of nitrogens with one attached hydrogen (secondary N) is 1. The number of halogens is 1. The molecule has 164 valence electrons. The van der Waals surface area contributed by atoms with Crippen LogP contribution < -0.4 is 19.5 Å². The summed E-state index contributed by atoms with van der Waals surface area (Å²) in [5.74, 6) is 1.98. The molecule has 1 unspecified atom stereocenters. The standard InChI is InChI=1S/C23H24ClNO4S2/c1-4-14(2)16-7-5-6-8-18(16)28-9-10-29-21-17(24)11-15(12-19(21)27-3)13-20-22(26)25-23(30)31-20/h5-8,11-14H,4,9-10H2,1-3H3,(H,25,26,30)/b20-13-. The zero-order valence-electron chi connectivity index (χ0n) is 17.6. The van der Waals surface area contributed by atoms with Crippen LogP contribution in [0, 0.1) is 0 Å². The molecule has 0 aliphatic carbocycles. The number of ether oxygens (including phenoxy) is 3. The van der Waals surface area contributed by atoms with E-state index in [1.807, 2.05) is 18.2 Å². The molecule has 1 atom stereocenters. The molecule has 3 rings (SSSR count). The molecule has 0 radical (unpaired) electrons. The summed E-state index contributed by atoms with van der Waals surface area (Å²) in [6, 6.07) is 11.5. The van der Waals surface area contributed by atoms with Gasteiger partial charge in [-0.2, -0.15) is 0 Å². The van der Waals surface area contributed by atoms with E-state index in [9.17, 15) is 4.79 Å². The molecule has 1 aliphatic rings. The van der Waals surface area contributed by atoms with Crippen LogP contribution in [0.2, 0.25) is 5.02 Å². The van der Waals surface area contributed by atoms with E-state index < -0.39 is 0 Å². The second kappa shape index (κ2) is 10.9. The zero-order valence-corrected chi connectivity index (χ0v) is 20.0. The maximum Gasteiger partial charge on any atom is 0.263 e. The third-order valence-electron chi connectivity index (χ3n) is 4.84. The van der Waals surface area contributed by atoms with Crippen LogP contribution in [-0.4, -0.2) is 30.6 Å². The fourth-order valence-electron chi connectivity index (χ4n) is 3.07. The second-order valence-corrected chi connectivity index (χ2v) is 9.06. The molecule has 2 aromatic carbocycles. The van der Waals surface area contributed by atoms with Gasteiger partial charge in [0.15, 0.2) is 11.5 Å². The van der Waals surface area contributed by atoms with E-state index in [4.69, 9.17) is 38.0 Å². The zero-order chi connectivity index (χ0) is 22.4. The largest absolute Gasteiger partial charge is 0.493 e. The van der Waals surface area contributed by atoms with Crippen molar-refractivity contribution in [3.63, 3.8) is 0 Å². The summed E-state index contributed by atoms with van der Waals surface area (Å²) in [6.07, 6.45) is 2.75. The Labute approximate surface area is 197 Å². The van der Waals surface area contributed by atoms with Gasteiger partial charge in [-0.1, -0.05) is 67.6 Å². The van der Waals surface area contributed by atoms with E-state index in [1.54, 1.807) is 25.3 Å². The quantitative estimate of drug-likeness (QED) is 0.279. The lowest BCUT2D eigenvalue weighted by atomic mass is 9.98. The maximum atomic E-state index is 11.9. The van der Waals surface area contributed by atoms with Gasteiger partial charge in [0.25, 0.3) is 5.91 Å². The molecular weight excluding hydrogens is 454 g/mol. The van der Waals surface area contributed by atoms with Crippen LogP contribution in [0.1, 0.15) is 37.3 Å². The van der Waals surface area contributed by atoms with E-state index >= 15 is 0 Å². The van der Waals surface area contributed by atoms with Crippen molar-refractivity contribution < 1.29 is 19.0 Å². The Morgan fingerprint density at radius 2 is 1.94 bits per heavy atom. The second-order valence-electron chi connectivity index (χ2n) is 6.93. The average Bonchev–Trinajstić information content (AvgIpc) is 3.08. The van der Waals surface area contributed by atoms with Crippen molar-refractivity contribution in [1.29, 1.82) is 0 Å². The summed E-state index contributed by atoms with van der Waals surface area (Å²) in [5.41, 5.74) is 1.90. The molecule has 0 saturated carbocycles. The number of benzene rings is 2.